The summed E-state index contributed by atoms with van der Waals surface area (Å²) in [4.78, 5) is 49.7. The Morgan fingerprint density at radius 1 is 0.534 bits per heavy atom. The van der Waals surface area contributed by atoms with Gasteiger partial charge < -0.3 is 49.2 Å². The smallest absolute Gasteiger partial charge is 0.307 e. The number of aliphatic hydroxyl groups excluding tert-OH is 2. The van der Waals surface area contributed by atoms with Crippen LogP contribution in [-0.2, 0) is 9.59 Å². The van der Waals surface area contributed by atoms with E-state index in [2.05, 4.69) is 35.8 Å². The highest BCUT2D eigenvalue weighted by atomic mass is 35.5. The van der Waals surface area contributed by atoms with E-state index in [4.69, 9.17) is 47.3 Å². The van der Waals surface area contributed by atoms with Crippen molar-refractivity contribution in [3.05, 3.63) is 140 Å². The number of alkyl halides is 2. The zero-order chi connectivity index (χ0) is 63.9. The zero-order valence-electron chi connectivity index (χ0n) is 49.2. The molecule has 6 rings (SSSR count). The highest BCUT2D eigenvalue weighted by molar-refractivity contribution is 6.19. The van der Waals surface area contributed by atoms with E-state index in [1.807, 2.05) is 17.9 Å². The predicted octanol–water partition coefficient (Wildman–Crippen LogP) is 15.4. The lowest BCUT2D eigenvalue weighted by molar-refractivity contribution is -0.385. The van der Waals surface area contributed by atoms with Crippen LogP contribution in [0, 0.1) is 45.9 Å². The fraction of sp³-hybridized carbons (Fsp3) is 0.367. The first kappa shape index (κ1) is 67.9. The number of benzene rings is 6. The van der Waals surface area contributed by atoms with Gasteiger partial charge in [-0.2, -0.15) is 20.5 Å². The number of carbonyl (C=O) groups is 2. The van der Waals surface area contributed by atoms with E-state index < -0.39 is 46.3 Å². The van der Waals surface area contributed by atoms with Crippen LogP contribution in [0.3, 0.4) is 0 Å². The van der Waals surface area contributed by atoms with Crippen molar-refractivity contribution < 1.29 is 58.8 Å². The minimum atomic E-state index is -1.12. The third-order valence-corrected chi connectivity index (χ3v) is 14.3. The van der Waals surface area contributed by atoms with E-state index in [0.29, 0.717) is 73.7 Å². The van der Waals surface area contributed by atoms with Crippen molar-refractivity contribution in [1.82, 2.24) is 0 Å². The Bertz CT molecular complexity index is 3480. The first-order valence-electron chi connectivity index (χ1n) is 28.0. The molecule has 0 aliphatic heterocycles. The number of hydrogen-bond donors (Lipinski definition) is 4. The van der Waals surface area contributed by atoms with Crippen LogP contribution < -0.4 is 28.7 Å². The van der Waals surface area contributed by atoms with Gasteiger partial charge in [0.25, 0.3) is 11.4 Å². The van der Waals surface area contributed by atoms with Gasteiger partial charge in [0.15, 0.2) is 0 Å². The van der Waals surface area contributed by atoms with Gasteiger partial charge in [-0.1, -0.05) is 0 Å². The third kappa shape index (κ3) is 18.2. The molecule has 0 heterocycles. The van der Waals surface area contributed by atoms with Gasteiger partial charge in [-0.15, -0.1) is 43.7 Å². The second-order valence-corrected chi connectivity index (χ2v) is 19.9. The quantitative estimate of drug-likeness (QED) is 0.0124. The number of nitro groups is 2. The van der Waals surface area contributed by atoms with Crippen LogP contribution >= 0.6 is 23.2 Å². The molecule has 3 unspecified atom stereocenters. The summed E-state index contributed by atoms with van der Waals surface area (Å²) in [5.74, 6) is -3.39. The first-order chi connectivity index (χ1) is 42.4. The number of azo groups is 4. The number of aliphatic carboxylic acids is 2. The van der Waals surface area contributed by atoms with Crippen LogP contribution in [0.25, 0.3) is 0 Å². The SMILES string of the molecule is CCOc1cc(N=Nc2ccc(N(CCO)C(CO)c3c(N(CCC(CCl)C(=O)O)CCC(CCl)C(=O)O)ccc(N=Nc4cc(OCC)c(N=Nc5ccc([N+](=O)[O-])cc5)cc4OCC)c3C)cc2C)c(OCC)cc1N=Nc1ccc([N+](=O)[O-])cc1. The standard InChI is InChI=1S/C60H68Cl2N12O14/c1-7-85-54-32-50(56(87-9-3)30-48(54)67-63-41-11-15-43(16-12-41)73(81)82)69-65-46-20-19-45(29-37(46)5)72(27-28-75)53(36-76)58-38(6)47(21-22-52(58)71(25-23-39(34-61)59(77)78)26-24-40(35-62)60(79)80)66-70-51-33-55(86-8-2)49(31-57(51)88-10-4)68-64-42-13-17-44(18-14-42)74(83)84/h11-22,29-33,39-40,53,75-76H,7-10,23-28,34-36H2,1-6H3,(H,77,78)(H,79,80). The second kappa shape index (κ2) is 33.6. The molecular formula is C60H68Cl2N12O14. The average Bonchev–Trinajstić information content (AvgIpc) is 2.14. The van der Waals surface area contributed by atoms with E-state index in [9.17, 15) is 50.2 Å². The van der Waals surface area contributed by atoms with Crippen molar-refractivity contribution in [3.63, 3.8) is 0 Å². The predicted molar refractivity (Wildman–Crippen MR) is 332 cm³/mol. The maximum absolute atomic E-state index is 12.3. The van der Waals surface area contributed by atoms with Crippen LogP contribution in [0.5, 0.6) is 23.0 Å². The summed E-state index contributed by atoms with van der Waals surface area (Å²) < 4.78 is 23.9. The summed E-state index contributed by atoms with van der Waals surface area (Å²) in [6, 6.07) is 25.2. The van der Waals surface area contributed by atoms with Crippen molar-refractivity contribution in [2.75, 3.05) is 80.8 Å². The minimum absolute atomic E-state index is 0.0194. The third-order valence-electron chi connectivity index (χ3n) is 13.6. The first-order valence-corrected chi connectivity index (χ1v) is 29.1. The van der Waals surface area contributed by atoms with Gasteiger partial charge in [-0.25, -0.2) is 0 Å². The van der Waals surface area contributed by atoms with Gasteiger partial charge in [0, 0.05) is 96.9 Å². The maximum atomic E-state index is 12.3. The number of halogens is 2. The molecule has 0 saturated carbocycles. The molecule has 4 N–H and O–H groups in total. The Balaban J connectivity index is 1.46. The van der Waals surface area contributed by atoms with E-state index in [0.717, 1.165) is 0 Å². The van der Waals surface area contributed by atoms with E-state index in [1.165, 1.54) is 48.5 Å². The summed E-state index contributed by atoms with van der Waals surface area (Å²) >= 11 is 12.3. The molecule has 0 radical (unpaired) electrons. The molecule has 88 heavy (non-hydrogen) atoms. The molecule has 0 fully saturated rings. The number of nitrogens with zero attached hydrogens (tertiary/aromatic N) is 12. The summed E-state index contributed by atoms with van der Waals surface area (Å²) in [6.07, 6.45) is 0.113. The van der Waals surface area contributed by atoms with Crippen LogP contribution in [0.2, 0.25) is 0 Å². The average molecular weight is 1250 g/mol. The molecule has 0 aliphatic carbocycles. The normalized spacial score (nSPS) is 12.6. The maximum Gasteiger partial charge on any atom is 0.307 e. The number of anilines is 2. The molecule has 26 nitrogen and oxygen atoms in total. The van der Waals surface area contributed by atoms with Crippen LogP contribution in [0.15, 0.2) is 144 Å². The van der Waals surface area contributed by atoms with Crippen LogP contribution in [0.1, 0.15) is 63.3 Å². The number of aliphatic hydroxyl groups is 2. The Hall–Kier alpha value is -9.24. The molecule has 0 saturated heterocycles. The van der Waals surface area contributed by atoms with Crippen molar-refractivity contribution in [1.29, 1.82) is 0 Å². The van der Waals surface area contributed by atoms with E-state index in [-0.39, 0.29) is 112 Å². The fourth-order valence-corrected chi connectivity index (χ4v) is 9.63. The molecule has 0 spiro atoms. The summed E-state index contributed by atoms with van der Waals surface area (Å²) in [5, 5.41) is 101. The van der Waals surface area contributed by atoms with Crippen molar-refractivity contribution in [2.24, 2.45) is 52.7 Å². The van der Waals surface area contributed by atoms with Crippen LogP contribution in [0.4, 0.5) is 68.2 Å². The lowest BCUT2D eigenvalue weighted by Crippen LogP contribution is -2.37. The highest BCUT2D eigenvalue weighted by Crippen LogP contribution is 2.46. The molecule has 0 aliphatic rings. The summed E-state index contributed by atoms with van der Waals surface area (Å²) in [7, 11) is 0. The molecule has 466 valence electrons. The molecule has 28 heteroatoms. The molecule has 0 aromatic heterocycles. The van der Waals surface area contributed by atoms with Gasteiger partial charge in [-0.3, -0.25) is 29.8 Å². The van der Waals surface area contributed by atoms with E-state index in [1.54, 1.807) is 88.0 Å². The van der Waals surface area contributed by atoms with Gasteiger partial charge >= 0.3 is 11.9 Å². The van der Waals surface area contributed by atoms with E-state index >= 15 is 0 Å². The number of aryl methyl sites for hydroxylation is 1. The van der Waals surface area contributed by atoms with Crippen molar-refractivity contribution in [3.8, 4) is 23.0 Å². The number of carboxylic acid groups (broad SMARTS) is 2. The van der Waals surface area contributed by atoms with Crippen LogP contribution in [-0.4, -0.2) is 113 Å². The monoisotopic (exact) mass is 1250 g/mol. The summed E-state index contributed by atoms with van der Waals surface area (Å²) in [6.45, 7) is 10.9. The Morgan fingerprint density at radius 3 is 1.27 bits per heavy atom. The lowest BCUT2D eigenvalue weighted by atomic mass is 9.94. The zero-order valence-corrected chi connectivity index (χ0v) is 50.7. The number of non-ortho nitro benzene ring substituents is 2. The minimum Gasteiger partial charge on any atom is -0.491 e. The molecule has 6 aromatic carbocycles. The number of nitro benzene ring substituents is 2. The highest BCUT2D eigenvalue weighted by Gasteiger charge is 2.30. The van der Waals surface area contributed by atoms with Crippen molar-refractivity contribution in [2.45, 2.75) is 60.4 Å². The molecule has 3 atom stereocenters. The van der Waals surface area contributed by atoms with Gasteiger partial charge in [0.05, 0.1) is 90.1 Å². The van der Waals surface area contributed by atoms with Crippen molar-refractivity contribution >= 4 is 103 Å². The van der Waals surface area contributed by atoms with Gasteiger partial charge in [-0.05, 0) is 120 Å². The summed E-state index contributed by atoms with van der Waals surface area (Å²) in [5.41, 5.74) is 5.05. The number of carboxylic acids is 2. The second-order valence-electron chi connectivity index (χ2n) is 19.3. The Labute approximate surface area is 517 Å². The van der Waals surface area contributed by atoms with Gasteiger partial charge in [0.2, 0.25) is 0 Å². The molecule has 0 bridgehead atoms. The molecular weight excluding hydrogens is 1180 g/mol. The van der Waals surface area contributed by atoms with Gasteiger partial charge in [0.1, 0.15) is 45.7 Å². The molecule has 0 amide bonds. The fourth-order valence-electron chi connectivity index (χ4n) is 9.06. The number of rotatable bonds is 35. The Morgan fingerprint density at radius 2 is 0.920 bits per heavy atom. The number of ether oxygens (including phenoxy) is 4. The number of hydrogen-bond acceptors (Lipinski definition) is 22. The largest absolute Gasteiger partial charge is 0.491 e. The lowest BCUT2D eigenvalue weighted by Gasteiger charge is -2.38. The molecule has 6 aromatic rings. The topological polar surface area (TPSA) is 344 Å². The Kier molecular flexibility index (Phi) is 25.9.